The van der Waals surface area contributed by atoms with Gasteiger partial charge in [0.15, 0.2) is 0 Å². The molecule has 0 aliphatic carbocycles. The lowest BCUT2D eigenvalue weighted by atomic mass is 10.2. The van der Waals surface area contributed by atoms with Crippen molar-refractivity contribution in [2.75, 3.05) is 24.2 Å². The van der Waals surface area contributed by atoms with E-state index in [0.717, 1.165) is 17.9 Å². The van der Waals surface area contributed by atoms with Crippen LogP contribution in [0.3, 0.4) is 0 Å². The maximum Gasteiger partial charge on any atom is 0.0783 e. The predicted octanol–water partition coefficient (Wildman–Crippen LogP) is 1.76. The third kappa shape index (κ3) is 2.61. The summed E-state index contributed by atoms with van der Waals surface area (Å²) in [4.78, 5) is 6.18. The first-order valence-electron chi connectivity index (χ1n) is 4.52. The highest BCUT2D eigenvalue weighted by Gasteiger charge is 2.05. The first-order chi connectivity index (χ1) is 6.11. The van der Waals surface area contributed by atoms with Gasteiger partial charge >= 0.3 is 0 Å². The van der Waals surface area contributed by atoms with E-state index in [2.05, 4.69) is 23.7 Å². The Hall–Kier alpha value is -1.25. The lowest BCUT2D eigenvalue weighted by molar-refractivity contribution is 0.638. The Kier molecular flexibility index (Phi) is 3.12. The van der Waals surface area contributed by atoms with Crippen molar-refractivity contribution in [1.29, 1.82) is 0 Å². The number of pyridine rings is 1. The first kappa shape index (κ1) is 9.84. The van der Waals surface area contributed by atoms with Crippen LogP contribution in [-0.2, 0) is 0 Å². The Morgan fingerprint density at radius 1 is 1.54 bits per heavy atom. The molecular weight excluding hydrogens is 162 g/mol. The van der Waals surface area contributed by atoms with E-state index in [1.54, 1.807) is 12.4 Å². The number of nitrogens with two attached hydrogens (primary N) is 1. The van der Waals surface area contributed by atoms with Gasteiger partial charge in [0.05, 0.1) is 17.6 Å². The summed E-state index contributed by atoms with van der Waals surface area (Å²) < 4.78 is 0. The summed E-state index contributed by atoms with van der Waals surface area (Å²) in [6.07, 6.45) is 3.51. The molecule has 1 aromatic rings. The summed E-state index contributed by atoms with van der Waals surface area (Å²) in [7, 11) is 2.04. The summed E-state index contributed by atoms with van der Waals surface area (Å²) in [5.74, 6) is 0.629. The minimum absolute atomic E-state index is 0.629. The molecule has 0 unspecified atom stereocenters. The highest BCUT2D eigenvalue weighted by atomic mass is 15.1. The molecule has 0 aromatic carbocycles. The fourth-order valence-electron chi connectivity index (χ4n) is 1.36. The number of aromatic nitrogens is 1. The zero-order valence-corrected chi connectivity index (χ0v) is 8.49. The van der Waals surface area contributed by atoms with Gasteiger partial charge in [-0.1, -0.05) is 13.8 Å². The van der Waals surface area contributed by atoms with Gasteiger partial charge in [-0.2, -0.15) is 0 Å². The SMILES string of the molecule is CC(C)CN(C)c1cnccc1N. The van der Waals surface area contributed by atoms with Crippen molar-refractivity contribution >= 4 is 11.4 Å². The number of nitrogen functional groups attached to an aromatic ring is 1. The van der Waals surface area contributed by atoms with Gasteiger partial charge in [-0.15, -0.1) is 0 Å². The van der Waals surface area contributed by atoms with Crippen molar-refractivity contribution in [3.05, 3.63) is 18.5 Å². The Morgan fingerprint density at radius 2 is 2.23 bits per heavy atom. The van der Waals surface area contributed by atoms with Gasteiger partial charge in [0.1, 0.15) is 0 Å². The fraction of sp³-hybridized carbons (Fsp3) is 0.500. The lowest BCUT2D eigenvalue weighted by Crippen LogP contribution is -2.23. The molecule has 3 heteroatoms. The maximum absolute atomic E-state index is 5.82. The largest absolute Gasteiger partial charge is 0.397 e. The van der Waals surface area contributed by atoms with Gasteiger partial charge in [-0.25, -0.2) is 0 Å². The van der Waals surface area contributed by atoms with E-state index in [-0.39, 0.29) is 0 Å². The minimum atomic E-state index is 0.629. The van der Waals surface area contributed by atoms with Crippen molar-refractivity contribution in [3.63, 3.8) is 0 Å². The molecule has 2 N–H and O–H groups in total. The van der Waals surface area contributed by atoms with Crippen LogP contribution in [0.15, 0.2) is 18.5 Å². The van der Waals surface area contributed by atoms with Crippen molar-refractivity contribution in [2.24, 2.45) is 5.92 Å². The molecule has 1 rings (SSSR count). The van der Waals surface area contributed by atoms with Gasteiger partial charge in [-0.3, -0.25) is 4.98 Å². The fourth-order valence-corrected chi connectivity index (χ4v) is 1.36. The second-order valence-electron chi connectivity index (χ2n) is 3.71. The van der Waals surface area contributed by atoms with Crippen LogP contribution in [0.5, 0.6) is 0 Å². The molecule has 3 nitrogen and oxygen atoms in total. The third-order valence-electron chi connectivity index (χ3n) is 1.88. The Balaban J connectivity index is 2.76. The molecule has 0 fully saturated rings. The molecule has 0 aliphatic heterocycles. The summed E-state index contributed by atoms with van der Waals surface area (Å²) in [5.41, 5.74) is 7.62. The van der Waals surface area contributed by atoms with Crippen LogP contribution in [0.4, 0.5) is 11.4 Å². The van der Waals surface area contributed by atoms with Crippen LogP contribution in [0.25, 0.3) is 0 Å². The lowest BCUT2D eigenvalue weighted by Gasteiger charge is -2.22. The Morgan fingerprint density at radius 3 is 2.77 bits per heavy atom. The molecule has 1 aromatic heterocycles. The number of anilines is 2. The summed E-state index contributed by atoms with van der Waals surface area (Å²) in [6, 6.07) is 1.83. The van der Waals surface area contributed by atoms with Crippen molar-refractivity contribution in [3.8, 4) is 0 Å². The summed E-state index contributed by atoms with van der Waals surface area (Å²) >= 11 is 0. The molecule has 72 valence electrons. The number of hydrogen-bond donors (Lipinski definition) is 1. The second-order valence-corrected chi connectivity index (χ2v) is 3.71. The average molecular weight is 179 g/mol. The zero-order chi connectivity index (χ0) is 9.84. The minimum Gasteiger partial charge on any atom is -0.397 e. The molecule has 1 heterocycles. The van der Waals surface area contributed by atoms with E-state index in [0.29, 0.717) is 5.92 Å². The van der Waals surface area contributed by atoms with Crippen molar-refractivity contribution < 1.29 is 0 Å². The van der Waals surface area contributed by atoms with Crippen LogP contribution in [0.2, 0.25) is 0 Å². The molecule has 0 saturated carbocycles. The van der Waals surface area contributed by atoms with E-state index in [9.17, 15) is 0 Å². The Labute approximate surface area is 79.6 Å². The van der Waals surface area contributed by atoms with Crippen LogP contribution in [0, 0.1) is 5.92 Å². The molecule has 0 spiro atoms. The van der Waals surface area contributed by atoms with Crippen LogP contribution in [0.1, 0.15) is 13.8 Å². The van der Waals surface area contributed by atoms with E-state index < -0.39 is 0 Å². The highest BCUT2D eigenvalue weighted by Crippen LogP contribution is 2.20. The molecule has 0 bridgehead atoms. The molecule has 0 saturated heterocycles. The molecule has 0 atom stereocenters. The van der Waals surface area contributed by atoms with Crippen molar-refractivity contribution in [2.45, 2.75) is 13.8 Å². The third-order valence-corrected chi connectivity index (χ3v) is 1.88. The molecule has 0 amide bonds. The number of hydrogen-bond acceptors (Lipinski definition) is 3. The number of nitrogens with zero attached hydrogens (tertiary/aromatic N) is 2. The highest BCUT2D eigenvalue weighted by molar-refractivity contribution is 5.65. The van der Waals surface area contributed by atoms with Gasteiger partial charge < -0.3 is 10.6 Å². The van der Waals surface area contributed by atoms with Crippen LogP contribution < -0.4 is 10.6 Å². The summed E-state index contributed by atoms with van der Waals surface area (Å²) in [5, 5.41) is 0. The normalized spacial score (nSPS) is 10.5. The van der Waals surface area contributed by atoms with E-state index in [4.69, 9.17) is 5.73 Å². The molecule has 13 heavy (non-hydrogen) atoms. The van der Waals surface area contributed by atoms with E-state index >= 15 is 0 Å². The van der Waals surface area contributed by atoms with Crippen molar-refractivity contribution in [1.82, 2.24) is 4.98 Å². The monoisotopic (exact) mass is 179 g/mol. The van der Waals surface area contributed by atoms with E-state index in [1.165, 1.54) is 0 Å². The zero-order valence-electron chi connectivity index (χ0n) is 8.49. The molecule has 0 radical (unpaired) electrons. The van der Waals surface area contributed by atoms with Gasteiger partial charge in [0, 0.05) is 19.8 Å². The topological polar surface area (TPSA) is 42.2 Å². The van der Waals surface area contributed by atoms with E-state index in [1.807, 2.05) is 13.1 Å². The van der Waals surface area contributed by atoms with Gasteiger partial charge in [-0.05, 0) is 12.0 Å². The van der Waals surface area contributed by atoms with Gasteiger partial charge in [0.25, 0.3) is 0 Å². The summed E-state index contributed by atoms with van der Waals surface area (Å²) in [6.45, 7) is 5.36. The predicted molar refractivity (Wildman–Crippen MR) is 56.8 cm³/mol. The molecular formula is C10H17N3. The van der Waals surface area contributed by atoms with Crippen LogP contribution >= 0.6 is 0 Å². The average Bonchev–Trinajstić information content (AvgIpc) is 2.03. The quantitative estimate of drug-likeness (QED) is 0.768. The Bertz CT molecular complexity index is 271. The van der Waals surface area contributed by atoms with Gasteiger partial charge in [0.2, 0.25) is 0 Å². The smallest absolute Gasteiger partial charge is 0.0783 e. The number of rotatable bonds is 3. The standard InChI is InChI=1S/C10H17N3/c1-8(2)7-13(3)10-6-12-5-4-9(10)11/h4-6,8H,7H2,1-3H3,(H2,11,12). The first-order valence-corrected chi connectivity index (χ1v) is 4.52. The molecule has 0 aliphatic rings. The second kappa shape index (κ2) is 4.12. The van der Waals surface area contributed by atoms with Crippen LogP contribution in [-0.4, -0.2) is 18.6 Å². The maximum atomic E-state index is 5.82.